The van der Waals surface area contributed by atoms with Crippen LogP contribution in [0, 0.1) is 0 Å². The van der Waals surface area contributed by atoms with Crippen LogP contribution in [0.4, 0.5) is 0 Å². The summed E-state index contributed by atoms with van der Waals surface area (Å²) in [6.45, 7) is -1.23. The van der Waals surface area contributed by atoms with Gasteiger partial charge in [-0.2, -0.15) is 0 Å². The molecule has 1 amide bonds. The third-order valence-corrected chi connectivity index (χ3v) is 6.02. The lowest BCUT2D eigenvalue weighted by Crippen LogP contribution is -2.60. The van der Waals surface area contributed by atoms with E-state index >= 15 is 0 Å². The van der Waals surface area contributed by atoms with Gasteiger partial charge in [-0.15, -0.1) is 0 Å². The fraction of sp³-hybridized carbons (Fsp3) is 0.684. The van der Waals surface area contributed by atoms with E-state index < -0.39 is 97.1 Å². The zero-order valence-corrected chi connectivity index (χ0v) is 19.1. The Bertz CT molecular complexity index is 1080. The Labute approximate surface area is 207 Å². The number of nitrogens with two attached hydrogens (primary N) is 2. The number of ether oxygens (including phenoxy) is 3. The molecule has 3 rings (SSSR count). The lowest BCUT2D eigenvalue weighted by Gasteiger charge is -2.33. The van der Waals surface area contributed by atoms with Crippen LogP contribution in [0.3, 0.4) is 0 Å². The minimum Gasteiger partial charge on any atom is -0.480 e. The highest BCUT2D eigenvalue weighted by atomic mass is 16.7. The number of aromatic nitrogens is 2. The van der Waals surface area contributed by atoms with E-state index in [1.54, 1.807) is 0 Å². The van der Waals surface area contributed by atoms with Crippen molar-refractivity contribution in [3.05, 3.63) is 33.1 Å². The standard InChI is InChI=1S/C19H29N5O13/c20-3-6-9(27)12(30)18(35-6)37-13(8(21)15(31)22-5(4-25)17(32)33)14-10(28)11(29)16(36-14)24-2-1-7(26)23-19(24)34/h1-2,5-6,8-14,16,18,25,27-30H,3-4,20-21H2,(H,22,31)(H,32,33)(H,23,26,34)/t5-,6+,8-,9+,10-,11+,12+,13-,14-,16+,18-/m0/s1. The fourth-order valence-corrected chi connectivity index (χ4v) is 3.96. The number of amides is 1. The molecule has 2 aliphatic heterocycles. The number of carbonyl (C=O) groups excluding carboxylic acids is 1. The largest absolute Gasteiger partial charge is 0.480 e. The number of hydrogen-bond acceptors (Lipinski definition) is 14. The van der Waals surface area contributed by atoms with Gasteiger partial charge in [-0.05, 0) is 0 Å². The smallest absolute Gasteiger partial charge is 0.330 e. The number of rotatable bonds is 10. The molecule has 2 fully saturated rings. The van der Waals surface area contributed by atoms with Crippen LogP contribution in [0.5, 0.6) is 0 Å². The Morgan fingerprint density at radius 1 is 1.14 bits per heavy atom. The summed E-state index contributed by atoms with van der Waals surface area (Å²) in [5.74, 6) is -2.79. The molecular weight excluding hydrogens is 506 g/mol. The first-order chi connectivity index (χ1) is 17.4. The highest BCUT2D eigenvalue weighted by Gasteiger charge is 2.53. The number of aliphatic hydroxyl groups excluding tert-OH is 5. The summed E-state index contributed by atoms with van der Waals surface area (Å²) in [7, 11) is 0. The molecule has 12 N–H and O–H groups in total. The van der Waals surface area contributed by atoms with Crippen molar-refractivity contribution in [1.82, 2.24) is 14.9 Å². The number of carboxylic acid groups (broad SMARTS) is 1. The summed E-state index contributed by atoms with van der Waals surface area (Å²) in [6.07, 6.45) is -13.8. The Kier molecular flexibility index (Phi) is 9.13. The van der Waals surface area contributed by atoms with Crippen LogP contribution >= 0.6 is 0 Å². The molecule has 1 aromatic heterocycles. The van der Waals surface area contributed by atoms with E-state index in [9.17, 15) is 44.7 Å². The van der Waals surface area contributed by atoms with Gasteiger partial charge in [-0.25, -0.2) is 9.59 Å². The van der Waals surface area contributed by atoms with E-state index in [1.165, 1.54) is 0 Å². The van der Waals surface area contributed by atoms with Crippen LogP contribution in [-0.2, 0) is 23.8 Å². The molecule has 0 saturated carbocycles. The van der Waals surface area contributed by atoms with Crippen molar-refractivity contribution in [1.29, 1.82) is 0 Å². The van der Waals surface area contributed by atoms with Gasteiger partial charge in [0.2, 0.25) is 5.91 Å². The van der Waals surface area contributed by atoms with Gasteiger partial charge in [0.05, 0.1) is 6.61 Å². The molecule has 0 radical (unpaired) electrons. The van der Waals surface area contributed by atoms with E-state index in [-0.39, 0.29) is 6.54 Å². The Hall–Kier alpha value is -2.78. The number of nitrogens with zero attached hydrogens (tertiary/aromatic N) is 1. The molecule has 0 bridgehead atoms. The lowest BCUT2D eigenvalue weighted by molar-refractivity contribution is -0.224. The molecule has 0 aromatic carbocycles. The topological polar surface area (TPSA) is 302 Å². The Morgan fingerprint density at radius 3 is 2.35 bits per heavy atom. The van der Waals surface area contributed by atoms with E-state index in [2.05, 4.69) is 0 Å². The van der Waals surface area contributed by atoms with Crippen LogP contribution < -0.4 is 28.0 Å². The predicted molar refractivity (Wildman–Crippen MR) is 116 cm³/mol. The maximum absolute atomic E-state index is 12.7. The van der Waals surface area contributed by atoms with Gasteiger partial charge < -0.3 is 61.6 Å². The minimum absolute atomic E-state index is 0.232. The normalized spacial score (nSPS) is 34.1. The van der Waals surface area contributed by atoms with Gasteiger partial charge in [0.25, 0.3) is 5.56 Å². The van der Waals surface area contributed by atoms with Gasteiger partial charge in [0, 0.05) is 18.8 Å². The third-order valence-electron chi connectivity index (χ3n) is 6.02. The quantitative estimate of drug-likeness (QED) is 0.133. The number of H-pyrrole nitrogens is 1. The number of aromatic amines is 1. The SMILES string of the molecule is NC[C@H]1O[C@@H](O[C@H]([C@H]2O[C@@H](n3ccc(=O)[nH]c3=O)[C@H](O)[C@@H]2O)[C@H](N)C(=O)N[C@@H](CO)C(=O)O)[C@H](O)[C@@H]1O. The molecule has 0 unspecified atom stereocenters. The lowest BCUT2D eigenvalue weighted by atomic mass is 9.98. The number of hydrogen-bond donors (Lipinski definition) is 10. The summed E-state index contributed by atoms with van der Waals surface area (Å²) >= 11 is 0. The minimum atomic E-state index is -1.88. The van der Waals surface area contributed by atoms with Crippen LogP contribution in [0.15, 0.2) is 21.9 Å². The molecule has 3 heterocycles. The molecule has 2 saturated heterocycles. The fourth-order valence-electron chi connectivity index (χ4n) is 3.96. The molecular formula is C19H29N5O13. The third kappa shape index (κ3) is 5.88. The van der Waals surface area contributed by atoms with Crippen molar-refractivity contribution in [3.8, 4) is 0 Å². The summed E-state index contributed by atoms with van der Waals surface area (Å²) in [4.78, 5) is 49.4. The monoisotopic (exact) mass is 535 g/mol. The predicted octanol–water partition coefficient (Wildman–Crippen LogP) is -7.16. The van der Waals surface area contributed by atoms with Gasteiger partial charge in [0.15, 0.2) is 12.5 Å². The molecule has 2 aliphatic rings. The average Bonchev–Trinajstić information content (AvgIpc) is 3.30. The van der Waals surface area contributed by atoms with Crippen molar-refractivity contribution in [2.24, 2.45) is 11.5 Å². The number of nitrogens with one attached hydrogen (secondary N) is 2. The Balaban J connectivity index is 1.92. The summed E-state index contributed by atoms with van der Waals surface area (Å²) in [5.41, 5.74) is 9.72. The van der Waals surface area contributed by atoms with Gasteiger partial charge in [-0.1, -0.05) is 0 Å². The summed E-state index contributed by atoms with van der Waals surface area (Å²) in [6, 6.07) is -2.69. The summed E-state index contributed by atoms with van der Waals surface area (Å²) < 4.78 is 17.3. The second kappa shape index (κ2) is 11.7. The van der Waals surface area contributed by atoms with E-state index in [0.717, 1.165) is 16.8 Å². The Morgan fingerprint density at radius 2 is 1.81 bits per heavy atom. The second-order valence-corrected chi connectivity index (χ2v) is 8.46. The van der Waals surface area contributed by atoms with Crippen molar-refractivity contribution in [2.75, 3.05) is 13.2 Å². The van der Waals surface area contributed by atoms with Crippen molar-refractivity contribution in [3.63, 3.8) is 0 Å². The molecule has 18 heteroatoms. The van der Waals surface area contributed by atoms with E-state index in [1.807, 2.05) is 10.3 Å². The molecule has 11 atom stereocenters. The number of aliphatic hydroxyl groups is 5. The number of carbonyl (C=O) groups is 2. The highest BCUT2D eigenvalue weighted by molar-refractivity contribution is 5.87. The van der Waals surface area contributed by atoms with Crippen molar-refractivity contribution < 1.29 is 54.4 Å². The first-order valence-electron chi connectivity index (χ1n) is 11.0. The van der Waals surface area contributed by atoms with E-state index in [4.69, 9.17) is 30.8 Å². The van der Waals surface area contributed by atoms with Crippen LogP contribution in [0.2, 0.25) is 0 Å². The van der Waals surface area contributed by atoms with Crippen LogP contribution in [0.1, 0.15) is 6.23 Å². The number of carboxylic acids is 1. The first-order valence-corrected chi connectivity index (χ1v) is 11.0. The van der Waals surface area contributed by atoms with Crippen molar-refractivity contribution >= 4 is 11.9 Å². The molecule has 208 valence electrons. The molecule has 1 aromatic rings. The van der Waals surface area contributed by atoms with E-state index in [0.29, 0.717) is 0 Å². The zero-order valence-electron chi connectivity index (χ0n) is 19.1. The van der Waals surface area contributed by atoms with Crippen molar-refractivity contribution in [2.45, 2.75) is 67.3 Å². The number of aliphatic carboxylic acids is 1. The second-order valence-electron chi connectivity index (χ2n) is 8.46. The molecule has 18 nitrogen and oxygen atoms in total. The highest BCUT2D eigenvalue weighted by Crippen LogP contribution is 2.34. The zero-order chi connectivity index (χ0) is 27.6. The van der Waals surface area contributed by atoms with Gasteiger partial charge in [-0.3, -0.25) is 19.1 Å². The first kappa shape index (κ1) is 28.8. The molecule has 0 spiro atoms. The molecule has 0 aliphatic carbocycles. The van der Waals surface area contributed by atoms with Crippen LogP contribution in [-0.4, -0.2) is 126 Å². The van der Waals surface area contributed by atoms with Gasteiger partial charge >= 0.3 is 11.7 Å². The maximum atomic E-state index is 12.7. The average molecular weight is 535 g/mol. The maximum Gasteiger partial charge on any atom is 0.330 e. The van der Waals surface area contributed by atoms with Crippen LogP contribution in [0.25, 0.3) is 0 Å². The van der Waals surface area contributed by atoms with Gasteiger partial charge in [0.1, 0.15) is 54.8 Å². The summed E-state index contributed by atoms with van der Waals surface area (Å²) in [5, 5.41) is 61.9. The molecule has 37 heavy (non-hydrogen) atoms.